The van der Waals surface area contributed by atoms with E-state index in [-0.39, 0.29) is 5.76 Å². The van der Waals surface area contributed by atoms with Crippen molar-refractivity contribution in [2.75, 3.05) is 0 Å². The molecule has 2 heterocycles. The summed E-state index contributed by atoms with van der Waals surface area (Å²) >= 11 is 7.27. The molecule has 0 bridgehead atoms. The lowest BCUT2D eigenvalue weighted by atomic mass is 10.1. The molecule has 4 nitrogen and oxygen atoms in total. The van der Waals surface area contributed by atoms with Crippen LogP contribution in [0.15, 0.2) is 29.8 Å². The molecule has 3 rings (SSSR count). The molecule has 0 fully saturated rings. The lowest BCUT2D eigenvalue weighted by molar-refractivity contribution is -0.131. The Bertz CT molecular complexity index is 867. The van der Waals surface area contributed by atoms with Crippen molar-refractivity contribution in [3.05, 3.63) is 55.8 Å². The highest BCUT2D eigenvalue weighted by Gasteiger charge is 2.17. The van der Waals surface area contributed by atoms with Crippen molar-refractivity contribution in [3.8, 4) is 0 Å². The molecule has 0 aromatic carbocycles. The van der Waals surface area contributed by atoms with E-state index in [1.807, 2.05) is 0 Å². The van der Waals surface area contributed by atoms with Crippen LogP contribution in [0.5, 0.6) is 0 Å². The fraction of sp³-hybridized carbons (Fsp3) is 0. The number of allylic oxidation sites excluding steroid dienone is 1. The summed E-state index contributed by atoms with van der Waals surface area (Å²) in [5, 5.41) is 22.5. The molecule has 1 aliphatic rings. The van der Waals surface area contributed by atoms with E-state index in [2.05, 4.69) is 4.98 Å². The molecular weight excluding hydrogens is 298 g/mol. The Balaban J connectivity index is 2.46. The number of rotatable bonds is 1. The minimum absolute atomic E-state index is 0.0259. The highest BCUT2D eigenvalue weighted by molar-refractivity contribution is 7.11. The molecule has 0 radical (unpaired) electrons. The molecule has 0 saturated heterocycles. The number of hydrogen-bond acceptors (Lipinski definition) is 4. The number of aliphatic hydroxyl groups excluding tert-OH is 1. The third-order valence-electron chi connectivity index (χ3n) is 2.88. The summed E-state index contributed by atoms with van der Waals surface area (Å²) in [4.78, 5) is 15.8. The van der Waals surface area contributed by atoms with E-state index in [4.69, 9.17) is 16.7 Å². The highest BCUT2D eigenvalue weighted by Crippen LogP contribution is 2.30. The van der Waals surface area contributed by atoms with Crippen LogP contribution in [0.3, 0.4) is 0 Å². The van der Waals surface area contributed by atoms with Crippen LogP contribution in [-0.4, -0.2) is 21.2 Å². The Morgan fingerprint density at radius 1 is 1.45 bits per heavy atom. The van der Waals surface area contributed by atoms with Gasteiger partial charge in [-0.05, 0) is 23.6 Å². The van der Waals surface area contributed by atoms with Crippen LogP contribution in [0.1, 0.15) is 10.4 Å². The number of fused-ring (bicyclic) bond motifs is 2. The standard InChI is InChI=1S/C14H8ClNO3S/c15-9-4-7-3-8(5-11(17)18)14-10(1-2-20-14)13(19)12(7)16-6-9/h1-6,19H,(H,17,18). The Morgan fingerprint density at radius 3 is 3.00 bits per heavy atom. The molecule has 0 aliphatic heterocycles. The maximum atomic E-state index is 11.0. The third kappa shape index (κ3) is 2.11. The molecule has 0 amide bonds. The summed E-state index contributed by atoms with van der Waals surface area (Å²) in [5.74, 6) is -1.02. The van der Waals surface area contributed by atoms with Gasteiger partial charge in [0.2, 0.25) is 0 Å². The molecule has 0 saturated carbocycles. The Kier molecular flexibility index (Phi) is 3.08. The first kappa shape index (κ1) is 12.9. The van der Waals surface area contributed by atoms with Gasteiger partial charge < -0.3 is 10.2 Å². The highest BCUT2D eigenvalue weighted by atomic mass is 35.5. The van der Waals surface area contributed by atoms with Crippen molar-refractivity contribution in [2.45, 2.75) is 0 Å². The summed E-state index contributed by atoms with van der Waals surface area (Å²) < 4.78 is 0. The van der Waals surface area contributed by atoms with Crippen LogP contribution in [0.2, 0.25) is 5.02 Å². The van der Waals surface area contributed by atoms with Gasteiger partial charge in [-0.1, -0.05) is 11.6 Å². The Labute approximate surface area is 122 Å². The number of pyridine rings is 1. The molecule has 0 spiro atoms. The van der Waals surface area contributed by atoms with Gasteiger partial charge in [-0.3, -0.25) is 4.98 Å². The van der Waals surface area contributed by atoms with Crippen molar-refractivity contribution in [3.63, 3.8) is 0 Å². The van der Waals surface area contributed by atoms with Crippen LogP contribution in [-0.2, 0) is 4.79 Å². The van der Waals surface area contributed by atoms with E-state index in [0.29, 0.717) is 31.6 Å². The zero-order valence-corrected chi connectivity index (χ0v) is 11.6. The molecule has 2 aromatic heterocycles. The summed E-state index contributed by atoms with van der Waals surface area (Å²) in [6.07, 6.45) is 4.22. The van der Waals surface area contributed by atoms with Crippen molar-refractivity contribution in [2.24, 2.45) is 0 Å². The second-order valence-electron chi connectivity index (χ2n) is 4.19. The number of aliphatic carboxylic acids is 1. The fourth-order valence-electron chi connectivity index (χ4n) is 2.08. The number of carboxylic acid groups (broad SMARTS) is 1. The van der Waals surface area contributed by atoms with E-state index in [0.717, 1.165) is 6.08 Å². The zero-order valence-electron chi connectivity index (χ0n) is 10.0. The fourth-order valence-corrected chi connectivity index (χ4v) is 3.14. The molecule has 2 N–H and O–H groups in total. The molecule has 0 atom stereocenters. The number of carboxylic acids is 1. The number of hydrogen-bond donors (Lipinski definition) is 2. The van der Waals surface area contributed by atoms with E-state index >= 15 is 0 Å². The molecule has 1 aliphatic carbocycles. The number of aliphatic hydroxyl groups is 1. The van der Waals surface area contributed by atoms with Gasteiger partial charge in [-0.15, -0.1) is 11.3 Å². The minimum Gasteiger partial charge on any atom is -0.505 e. The summed E-state index contributed by atoms with van der Waals surface area (Å²) in [5.41, 5.74) is 1.09. The Hall–Kier alpha value is -2.11. The molecular formula is C14H8ClNO3S. The predicted molar refractivity (Wildman–Crippen MR) is 78.0 cm³/mol. The van der Waals surface area contributed by atoms with Gasteiger partial charge in [0, 0.05) is 33.5 Å². The predicted octanol–water partition coefficient (Wildman–Crippen LogP) is 1.77. The average Bonchev–Trinajstić information content (AvgIpc) is 2.82. The molecule has 2 aromatic rings. The number of aromatic nitrogens is 1. The topological polar surface area (TPSA) is 70.4 Å². The SMILES string of the molecule is O=C(O)C=C1C=c2cc(Cl)cnc2=C(O)c2ccsc21. The monoisotopic (exact) mass is 305 g/mol. The second kappa shape index (κ2) is 4.77. The summed E-state index contributed by atoms with van der Waals surface area (Å²) in [6.45, 7) is 0. The second-order valence-corrected chi connectivity index (χ2v) is 5.54. The largest absolute Gasteiger partial charge is 0.505 e. The molecule has 100 valence electrons. The van der Waals surface area contributed by atoms with E-state index in [9.17, 15) is 9.90 Å². The smallest absolute Gasteiger partial charge is 0.328 e. The van der Waals surface area contributed by atoms with Gasteiger partial charge in [0.1, 0.15) is 11.1 Å². The van der Waals surface area contributed by atoms with Crippen LogP contribution in [0, 0.1) is 0 Å². The van der Waals surface area contributed by atoms with E-state index in [1.54, 1.807) is 23.6 Å². The maximum Gasteiger partial charge on any atom is 0.328 e. The normalized spacial score (nSPS) is 15.2. The van der Waals surface area contributed by atoms with E-state index < -0.39 is 5.97 Å². The number of carbonyl (C=O) groups is 1. The van der Waals surface area contributed by atoms with Gasteiger partial charge >= 0.3 is 5.97 Å². The van der Waals surface area contributed by atoms with Crippen LogP contribution in [0.4, 0.5) is 0 Å². The van der Waals surface area contributed by atoms with Gasteiger partial charge in [0.05, 0.1) is 5.02 Å². The van der Waals surface area contributed by atoms with Gasteiger partial charge in [0.15, 0.2) is 0 Å². The number of nitrogens with zero attached hydrogens (tertiary/aromatic N) is 1. The molecule has 0 unspecified atom stereocenters. The lowest BCUT2D eigenvalue weighted by Crippen LogP contribution is -2.30. The minimum atomic E-state index is -1.05. The van der Waals surface area contributed by atoms with Crippen LogP contribution < -0.4 is 10.6 Å². The van der Waals surface area contributed by atoms with Crippen molar-refractivity contribution >= 4 is 46.3 Å². The quantitative estimate of drug-likeness (QED) is 0.788. The van der Waals surface area contributed by atoms with Crippen molar-refractivity contribution in [1.82, 2.24) is 4.98 Å². The van der Waals surface area contributed by atoms with Gasteiger partial charge in [0.25, 0.3) is 0 Å². The third-order valence-corrected chi connectivity index (χ3v) is 4.05. The number of halogens is 1. The van der Waals surface area contributed by atoms with Crippen LogP contribution >= 0.6 is 22.9 Å². The van der Waals surface area contributed by atoms with Crippen molar-refractivity contribution < 1.29 is 15.0 Å². The van der Waals surface area contributed by atoms with E-state index in [1.165, 1.54) is 17.5 Å². The summed E-state index contributed by atoms with van der Waals surface area (Å²) in [7, 11) is 0. The molecule has 20 heavy (non-hydrogen) atoms. The average molecular weight is 306 g/mol. The zero-order chi connectivity index (χ0) is 14.3. The van der Waals surface area contributed by atoms with Crippen molar-refractivity contribution in [1.29, 1.82) is 0 Å². The van der Waals surface area contributed by atoms with Gasteiger partial charge in [-0.25, -0.2) is 4.79 Å². The lowest BCUT2D eigenvalue weighted by Gasteiger charge is -2.00. The maximum absolute atomic E-state index is 11.0. The van der Waals surface area contributed by atoms with Crippen LogP contribution in [0.25, 0.3) is 17.4 Å². The number of thiophene rings is 1. The first-order valence-corrected chi connectivity index (χ1v) is 6.91. The van der Waals surface area contributed by atoms with Gasteiger partial charge in [-0.2, -0.15) is 0 Å². The first-order chi connectivity index (χ1) is 9.56. The molecule has 6 heteroatoms. The Morgan fingerprint density at radius 2 is 2.25 bits per heavy atom. The summed E-state index contributed by atoms with van der Waals surface area (Å²) in [6, 6.07) is 3.39. The first-order valence-electron chi connectivity index (χ1n) is 5.65.